The molecular formula is C67H75F20N31O19S3. The summed E-state index contributed by atoms with van der Waals surface area (Å²) in [5.41, 5.74) is 78.0. The first kappa shape index (κ1) is 127. The third-order valence-electron chi connectivity index (χ3n) is 16.0. The molecule has 5 rings (SSSR count). The van der Waals surface area contributed by atoms with Gasteiger partial charge in [0, 0.05) is 70.1 Å². The van der Waals surface area contributed by atoms with Crippen molar-refractivity contribution in [3.8, 4) is 0 Å². The van der Waals surface area contributed by atoms with Crippen molar-refractivity contribution in [1.82, 2.24) is 4.72 Å². The van der Waals surface area contributed by atoms with Crippen molar-refractivity contribution in [1.29, 1.82) is 0 Å². The minimum Gasteiger partial charge on any atom is -0.544 e. The topological polar surface area (TPSA) is 886 Å². The van der Waals surface area contributed by atoms with E-state index >= 15 is 0 Å². The molecule has 50 nitrogen and oxygen atoms in total. The van der Waals surface area contributed by atoms with Crippen molar-refractivity contribution in [2.24, 2.45) is 96.4 Å². The molecule has 73 heteroatoms. The fourth-order valence-electron chi connectivity index (χ4n) is 9.09. The Hall–Kier alpha value is -15.5. The van der Waals surface area contributed by atoms with Gasteiger partial charge in [-0.3, -0.25) is 19.4 Å². The summed E-state index contributed by atoms with van der Waals surface area (Å²) in [4.78, 5) is 98.3. The van der Waals surface area contributed by atoms with E-state index in [0.29, 0.717) is 0 Å². The van der Waals surface area contributed by atoms with E-state index in [1.807, 2.05) is 24.6 Å². The largest absolute Gasteiger partial charge is 0.544 e. The highest BCUT2D eigenvalue weighted by atomic mass is 32.2. The number of carbonyl (C=O) groups is 7. The first-order chi connectivity index (χ1) is 64.0. The van der Waals surface area contributed by atoms with Gasteiger partial charge in [0.25, 0.3) is 34.1 Å². The van der Waals surface area contributed by atoms with Crippen LogP contribution < -0.4 is 72.3 Å². The van der Waals surface area contributed by atoms with Crippen molar-refractivity contribution in [3.63, 3.8) is 0 Å². The Morgan fingerprint density at radius 3 is 0.757 bits per heavy atom. The molecule has 5 atom stereocenters. The number of sulfonamides is 1. The number of carboxylic acid groups (broad SMARTS) is 2. The van der Waals surface area contributed by atoms with Crippen molar-refractivity contribution in [2.75, 3.05) is 32.7 Å². The summed E-state index contributed by atoms with van der Waals surface area (Å²) >= 11 is 0. The number of aliphatic carboxylic acids is 2. The Labute approximate surface area is 771 Å². The molecule has 0 aliphatic rings. The van der Waals surface area contributed by atoms with Gasteiger partial charge < -0.3 is 95.0 Å². The van der Waals surface area contributed by atoms with Gasteiger partial charge in [-0.15, -0.1) is 0 Å². The van der Waals surface area contributed by atoms with Crippen molar-refractivity contribution >= 4 is 130 Å². The molecule has 0 spiro atoms. The van der Waals surface area contributed by atoms with Crippen molar-refractivity contribution < 1.29 is 186 Å². The number of nitrogens with two attached hydrogens (primary N) is 8. The number of nitrogens with zero attached hydrogens (tertiary/aromatic N) is 20. The summed E-state index contributed by atoms with van der Waals surface area (Å²) in [5, 5.41) is 33.1. The van der Waals surface area contributed by atoms with Crippen LogP contribution in [-0.4, -0.2) is 159 Å². The minimum atomic E-state index is -5.50. The van der Waals surface area contributed by atoms with Crippen LogP contribution in [0.4, 0.5) is 116 Å². The van der Waals surface area contributed by atoms with Gasteiger partial charge in [0.2, 0.25) is 5.96 Å². The molecule has 0 aliphatic carbocycles. The van der Waals surface area contributed by atoms with E-state index in [2.05, 4.69) is 79.8 Å². The molecule has 0 amide bonds. The molecule has 0 aromatic heterocycles. The number of halogens is 20. The van der Waals surface area contributed by atoms with Gasteiger partial charge in [-0.1, -0.05) is 40.4 Å². The summed E-state index contributed by atoms with van der Waals surface area (Å²) in [7, 11) is -16.2. The second-order valence-corrected chi connectivity index (χ2v) is 30.3. The highest BCUT2D eigenvalue weighted by molar-refractivity contribution is 7.90. The summed E-state index contributed by atoms with van der Waals surface area (Å²) in [6, 6.07) is -8.18. The SMILES string of the molecule is C.C.CC(=O)C(N)CCCN=C(N)NS(=O)(=O)c1c(F)c(F)c(N=[N+]=[N-])c(F)c1F.CC(=O)C(N)CCCN=C(N)OC(=O)c1c(F)c(F)c(N=[N+]=[N-])c(F)c1F.CC(=O)C(N)CCCN=C(N)OS(=O)(=O)c1c(F)c(F)c(N=[N+]=[N-])c(F)c1F.[N-]=[N+]=Nc1c(F)c(F)c(C(=O)OC(N)=NCCCC([NH3+])C(=O)[O-])c(F)c1F.[N-]=[N+]=Nc1c(F)c(F)c(S(=O)(=O)OC(N)=NCCCC([NH3+])C(=O)[O-])c(F)c1F. The van der Waals surface area contributed by atoms with Crippen LogP contribution in [0, 0.1) is 116 Å². The second kappa shape index (κ2) is 58.2. The predicted molar refractivity (Wildman–Crippen MR) is 435 cm³/mol. The number of ketones is 3. The van der Waals surface area contributed by atoms with E-state index in [4.69, 9.17) is 73.5 Å². The van der Waals surface area contributed by atoms with Gasteiger partial charge in [-0.05, 0) is 99.8 Å². The number of amidine groups is 4. The zero-order chi connectivity index (χ0) is 106. The number of carboxylic acids is 2. The number of azide groups is 5. The third-order valence-corrected chi connectivity index (χ3v) is 19.9. The number of Topliss-reactive ketones (excluding diaryl/α,β-unsaturated/α-hetero) is 3. The summed E-state index contributed by atoms with van der Waals surface area (Å²) < 4.78 is 365. The van der Waals surface area contributed by atoms with E-state index < -0.39 is 285 Å². The molecular weight excluding hydrogens is 2020 g/mol. The smallest absolute Gasteiger partial charge is 0.352 e. The standard InChI is InChI=1S/C14H14F4N6O3.C13H15F4N7O3S.C13H14F4N6O4S.C13H12F4N6O4.C12H12F4N6O5S.2CH4/c1-5(25)6(19)3-2-4-22-14(20)27-13(26)7-8(15)10(17)12(23-24-21)11(18)9(7)16;1-5(25)6(18)3-2-4-21-13(19)23-28(26,27)12-9(16)7(14)11(22-24-20)8(15)10(12)17;1-5(24)6(18)3-2-4-21-13(19)27-28(25,26)12-9(16)7(14)11(22-23-20)8(15)10(12)17;14-6-5(7(15)9(17)10(8(6)16)22-23-20)12(26)27-13(19)21-3-1-2-4(18)11(24)25;13-5-7(15)10(8(16)6(14)9(5)21-22-19)28(25,26)27-12(18)20-3-1-2-4(17)11(23)24;;/h6H,2-4,19H2,1H3,(H2,20,22);6H,2-4,18H2,1H3,(H3,19,21,23);6H,2-4,18H2,1H3,(H2,19,21);4H,1-3,18H2,(H2,19,21)(H,24,25);4H,1-3,17H2,(H2,18,20)(H,23,24);2*1H4. The van der Waals surface area contributed by atoms with E-state index in [9.17, 15) is 157 Å². The Kier molecular flexibility index (Phi) is 52.6. The molecule has 5 unspecified atom stereocenters. The Morgan fingerprint density at radius 1 is 0.343 bits per heavy atom. The van der Waals surface area contributed by atoms with Gasteiger partial charge in [0.05, 0.1) is 30.1 Å². The Morgan fingerprint density at radius 2 is 0.543 bits per heavy atom. The number of hydrogen-bond acceptors (Lipinski definition) is 32. The van der Waals surface area contributed by atoms with E-state index in [-0.39, 0.29) is 129 Å². The highest BCUT2D eigenvalue weighted by Crippen LogP contribution is 2.38. The quantitative estimate of drug-likeness (QED) is 0.00202. The van der Waals surface area contributed by atoms with Crippen molar-refractivity contribution in [3.05, 3.63) is 180 Å². The zero-order valence-electron chi connectivity index (χ0n) is 69.5. The maximum atomic E-state index is 13.9. The molecule has 0 fully saturated rings. The second-order valence-electron chi connectivity index (χ2n) is 25.7. The van der Waals surface area contributed by atoms with Gasteiger partial charge in [-0.2, -0.15) is 16.8 Å². The molecule has 140 heavy (non-hydrogen) atoms. The molecule has 23 N–H and O–H groups in total. The monoisotopic (exact) mass is 2090 g/mol. The van der Waals surface area contributed by atoms with Crippen LogP contribution in [0.25, 0.3) is 52.2 Å². The zero-order valence-corrected chi connectivity index (χ0v) is 72.0. The van der Waals surface area contributed by atoms with E-state index in [1.165, 1.54) is 25.5 Å². The first-order valence-corrected chi connectivity index (χ1v) is 40.6. The maximum absolute atomic E-state index is 13.9. The lowest BCUT2D eigenvalue weighted by Crippen LogP contribution is -2.68. The highest BCUT2D eigenvalue weighted by Gasteiger charge is 2.39. The van der Waals surface area contributed by atoms with Gasteiger partial charge in [0.15, 0.2) is 131 Å². The van der Waals surface area contributed by atoms with Crippen LogP contribution >= 0.6 is 0 Å². The third kappa shape index (κ3) is 36.2. The molecule has 770 valence electrons. The molecule has 0 saturated carbocycles. The molecule has 0 heterocycles. The van der Waals surface area contributed by atoms with Gasteiger partial charge >= 0.3 is 32.2 Å². The number of aliphatic imine (C=N–C) groups is 5. The number of rotatable bonds is 38. The molecule has 0 saturated heterocycles. The Balaban J connectivity index is 0. The lowest BCUT2D eigenvalue weighted by atomic mass is 10.1. The lowest BCUT2D eigenvalue weighted by molar-refractivity contribution is -0.438. The van der Waals surface area contributed by atoms with Crippen LogP contribution in [-0.2, 0) is 72.1 Å². The fraction of sp³-hybridized carbons (Fsp3) is 0.373. The molecule has 5 aromatic carbocycles. The van der Waals surface area contributed by atoms with Crippen LogP contribution in [0.5, 0.6) is 0 Å². The first-order valence-electron chi connectivity index (χ1n) is 36.3. The number of hydrogen-bond donors (Lipinski definition) is 11. The number of guanidine groups is 1. The summed E-state index contributed by atoms with van der Waals surface area (Å²) in [5.74, 6) is -52.6. The average Bonchev–Trinajstić information content (AvgIpc) is 0.751. The van der Waals surface area contributed by atoms with E-state index in [0.717, 1.165) is 0 Å². The minimum absolute atomic E-state index is 0. The maximum Gasteiger partial charge on any atom is 0.352 e. The number of quaternary nitrogens is 2. The number of carbonyl (C=O) groups excluding carboxylic acids is 7. The predicted octanol–water partition coefficient (Wildman–Crippen LogP) is 6.14. The molecule has 0 aliphatic heterocycles. The molecule has 0 bridgehead atoms. The number of benzene rings is 5. The summed E-state index contributed by atoms with van der Waals surface area (Å²) in [6.07, 6.45) is 1.64. The van der Waals surface area contributed by atoms with Gasteiger partial charge in [0.1, 0.15) is 69.0 Å². The number of nitrogens with one attached hydrogen (secondary N) is 1. The summed E-state index contributed by atoms with van der Waals surface area (Å²) in [6.45, 7) is 3.16. The fourth-order valence-corrected chi connectivity index (χ4v) is 12.1. The van der Waals surface area contributed by atoms with Gasteiger partial charge in [-0.25, -0.2) is 131 Å². The van der Waals surface area contributed by atoms with Crippen LogP contribution in [0.15, 0.2) is 65.2 Å². The number of ether oxygens (including phenoxy) is 2. The average molecular weight is 2090 g/mol. The van der Waals surface area contributed by atoms with Crippen LogP contribution in [0.3, 0.4) is 0 Å². The Bertz CT molecular complexity index is 5640. The number of esters is 2. The molecule has 0 radical (unpaired) electrons. The lowest BCUT2D eigenvalue weighted by Gasteiger charge is -2.12. The molecule has 5 aromatic rings. The normalized spacial score (nSPS) is 12.5. The van der Waals surface area contributed by atoms with E-state index in [1.54, 1.807) is 0 Å². The van der Waals surface area contributed by atoms with Crippen LogP contribution in [0.1, 0.15) is 121 Å². The van der Waals surface area contributed by atoms with Crippen LogP contribution in [0.2, 0.25) is 0 Å². The van der Waals surface area contributed by atoms with Crippen molar-refractivity contribution in [2.45, 2.75) is 145 Å².